The van der Waals surface area contributed by atoms with Crippen molar-refractivity contribution in [2.45, 2.75) is 64.5 Å². The van der Waals surface area contributed by atoms with E-state index >= 15 is 0 Å². The first kappa shape index (κ1) is 24.2. The molecule has 0 bridgehead atoms. The SMILES string of the molecule is CCNC(=NCC1CCCCN1CC)N1CCC(C2(C)NC(=O)NC2=O)CC1.I. The molecular formula is C20H37IN6O2. The number of carbonyl (C=O) groups excluding carboxylic acids is 2. The van der Waals surface area contributed by atoms with Gasteiger partial charge in [-0.15, -0.1) is 24.0 Å². The number of amides is 3. The number of imide groups is 1. The predicted octanol–water partition coefficient (Wildman–Crippen LogP) is 1.75. The first-order valence-corrected chi connectivity index (χ1v) is 10.9. The quantitative estimate of drug-likeness (QED) is 0.223. The van der Waals surface area contributed by atoms with Crippen molar-refractivity contribution in [1.82, 2.24) is 25.8 Å². The van der Waals surface area contributed by atoms with Crippen molar-refractivity contribution >= 4 is 41.9 Å². The van der Waals surface area contributed by atoms with Crippen LogP contribution in [0.3, 0.4) is 0 Å². The molecule has 0 aliphatic carbocycles. The number of guanidine groups is 1. The zero-order chi connectivity index (χ0) is 20.1. The largest absolute Gasteiger partial charge is 0.357 e. The number of aliphatic imine (C=N–C) groups is 1. The molecule has 3 N–H and O–H groups in total. The van der Waals surface area contributed by atoms with Crippen LogP contribution >= 0.6 is 24.0 Å². The Hall–Kier alpha value is -1.10. The molecule has 9 heteroatoms. The van der Waals surface area contributed by atoms with E-state index in [0.717, 1.165) is 51.5 Å². The van der Waals surface area contributed by atoms with E-state index in [4.69, 9.17) is 4.99 Å². The molecule has 3 rings (SSSR count). The number of nitrogens with one attached hydrogen (secondary N) is 3. The van der Waals surface area contributed by atoms with E-state index in [0.29, 0.717) is 6.04 Å². The zero-order valence-corrected chi connectivity index (χ0v) is 20.3. The van der Waals surface area contributed by atoms with Crippen molar-refractivity contribution in [3.8, 4) is 0 Å². The van der Waals surface area contributed by atoms with Gasteiger partial charge < -0.3 is 15.5 Å². The maximum Gasteiger partial charge on any atom is 0.322 e. The third-order valence-electron chi connectivity index (χ3n) is 6.62. The van der Waals surface area contributed by atoms with E-state index in [1.807, 2.05) is 6.92 Å². The Balaban J connectivity index is 0.00000300. The van der Waals surface area contributed by atoms with E-state index in [-0.39, 0.29) is 41.8 Å². The van der Waals surface area contributed by atoms with Crippen molar-refractivity contribution in [3.63, 3.8) is 0 Å². The van der Waals surface area contributed by atoms with Gasteiger partial charge in [0.05, 0.1) is 6.54 Å². The third-order valence-corrected chi connectivity index (χ3v) is 6.62. The predicted molar refractivity (Wildman–Crippen MR) is 126 cm³/mol. The number of carbonyl (C=O) groups is 2. The summed E-state index contributed by atoms with van der Waals surface area (Å²) in [6, 6.07) is 0.166. The minimum atomic E-state index is -0.789. The summed E-state index contributed by atoms with van der Waals surface area (Å²) in [5, 5.41) is 8.65. The Morgan fingerprint density at radius 2 is 1.90 bits per heavy atom. The van der Waals surface area contributed by atoms with Crippen LogP contribution in [0.5, 0.6) is 0 Å². The molecule has 3 saturated heterocycles. The average molecular weight is 520 g/mol. The molecule has 3 aliphatic rings. The van der Waals surface area contributed by atoms with Gasteiger partial charge in [0.1, 0.15) is 5.54 Å². The fourth-order valence-corrected chi connectivity index (χ4v) is 4.81. The highest BCUT2D eigenvalue weighted by molar-refractivity contribution is 14.0. The molecule has 0 aromatic carbocycles. The smallest absolute Gasteiger partial charge is 0.322 e. The van der Waals surface area contributed by atoms with Crippen LogP contribution in [0.4, 0.5) is 4.79 Å². The second-order valence-electron chi connectivity index (χ2n) is 8.34. The monoisotopic (exact) mass is 520 g/mol. The Morgan fingerprint density at radius 3 is 2.48 bits per heavy atom. The molecule has 2 atom stereocenters. The molecule has 0 saturated carbocycles. The van der Waals surface area contributed by atoms with Crippen molar-refractivity contribution in [2.75, 3.05) is 39.3 Å². The Labute approximate surface area is 191 Å². The lowest BCUT2D eigenvalue weighted by molar-refractivity contribution is -0.125. The summed E-state index contributed by atoms with van der Waals surface area (Å²) >= 11 is 0. The second-order valence-corrected chi connectivity index (χ2v) is 8.34. The molecule has 8 nitrogen and oxygen atoms in total. The topological polar surface area (TPSA) is 89.1 Å². The first-order chi connectivity index (χ1) is 13.5. The minimum Gasteiger partial charge on any atom is -0.357 e. The number of urea groups is 1. The van der Waals surface area contributed by atoms with E-state index in [2.05, 4.69) is 39.6 Å². The summed E-state index contributed by atoms with van der Waals surface area (Å²) in [5.74, 6) is 0.924. The number of piperidine rings is 2. The molecule has 3 fully saturated rings. The van der Waals surface area contributed by atoms with E-state index in [9.17, 15) is 9.59 Å². The van der Waals surface area contributed by atoms with Gasteiger partial charge in [0.2, 0.25) is 0 Å². The van der Waals surface area contributed by atoms with Crippen LogP contribution in [0.1, 0.15) is 52.9 Å². The van der Waals surface area contributed by atoms with Crippen molar-refractivity contribution < 1.29 is 9.59 Å². The maximum absolute atomic E-state index is 12.2. The molecule has 166 valence electrons. The highest BCUT2D eigenvalue weighted by Crippen LogP contribution is 2.30. The third kappa shape index (κ3) is 5.53. The number of likely N-dealkylation sites (tertiary alicyclic amines) is 2. The molecule has 3 amide bonds. The summed E-state index contributed by atoms with van der Waals surface area (Å²) in [4.78, 5) is 33.6. The van der Waals surface area contributed by atoms with Crippen LogP contribution < -0.4 is 16.0 Å². The van der Waals surface area contributed by atoms with Gasteiger partial charge in [0.15, 0.2) is 5.96 Å². The van der Waals surface area contributed by atoms with Gasteiger partial charge in [-0.05, 0) is 58.5 Å². The highest BCUT2D eigenvalue weighted by atomic mass is 127. The van der Waals surface area contributed by atoms with Gasteiger partial charge in [-0.3, -0.25) is 20.0 Å². The molecule has 29 heavy (non-hydrogen) atoms. The van der Waals surface area contributed by atoms with Gasteiger partial charge in [-0.2, -0.15) is 0 Å². The number of hydrogen-bond donors (Lipinski definition) is 3. The van der Waals surface area contributed by atoms with Crippen LogP contribution in [0.25, 0.3) is 0 Å². The number of likely N-dealkylation sites (N-methyl/N-ethyl adjacent to an activating group) is 1. The Bertz CT molecular complexity index is 608. The molecular weight excluding hydrogens is 483 g/mol. The van der Waals surface area contributed by atoms with Crippen molar-refractivity contribution in [1.29, 1.82) is 0 Å². The van der Waals surface area contributed by atoms with Gasteiger partial charge in [0, 0.05) is 25.7 Å². The summed E-state index contributed by atoms with van der Waals surface area (Å²) in [6.07, 6.45) is 5.54. The number of hydrogen-bond acceptors (Lipinski definition) is 4. The van der Waals surface area contributed by atoms with Crippen molar-refractivity contribution in [3.05, 3.63) is 0 Å². The van der Waals surface area contributed by atoms with Gasteiger partial charge in [0.25, 0.3) is 5.91 Å². The van der Waals surface area contributed by atoms with Crippen molar-refractivity contribution in [2.24, 2.45) is 10.9 Å². The van der Waals surface area contributed by atoms with E-state index < -0.39 is 5.54 Å². The second kappa shape index (κ2) is 10.8. The van der Waals surface area contributed by atoms with E-state index in [1.54, 1.807) is 0 Å². The van der Waals surface area contributed by atoms with Crippen LogP contribution in [-0.2, 0) is 4.79 Å². The summed E-state index contributed by atoms with van der Waals surface area (Å²) in [5.41, 5.74) is -0.789. The van der Waals surface area contributed by atoms with Crippen LogP contribution in [0.2, 0.25) is 0 Å². The molecule has 3 aliphatic heterocycles. The van der Waals surface area contributed by atoms with Gasteiger partial charge in [-0.25, -0.2) is 4.79 Å². The lowest BCUT2D eigenvalue weighted by atomic mass is 9.79. The number of rotatable bonds is 5. The standard InChI is InChI=1S/C20H36N6O2.HI/c1-4-21-18(22-14-16-8-6-7-11-25(16)5-2)26-12-9-15(10-13-26)20(3)17(27)23-19(28)24-20;/h15-16H,4-14H2,1-3H3,(H,21,22)(H2,23,24,27,28);1H. The minimum absolute atomic E-state index is 0. The summed E-state index contributed by atoms with van der Waals surface area (Å²) < 4.78 is 0. The maximum atomic E-state index is 12.2. The van der Waals surface area contributed by atoms with Crippen LogP contribution in [0, 0.1) is 5.92 Å². The Morgan fingerprint density at radius 1 is 1.17 bits per heavy atom. The number of halogens is 1. The molecule has 0 radical (unpaired) electrons. The van der Waals surface area contributed by atoms with Gasteiger partial charge >= 0.3 is 6.03 Å². The molecule has 2 unspecified atom stereocenters. The molecule has 3 heterocycles. The molecule has 0 aromatic rings. The zero-order valence-electron chi connectivity index (χ0n) is 18.0. The van der Waals surface area contributed by atoms with Crippen LogP contribution in [0.15, 0.2) is 4.99 Å². The Kier molecular flexibility index (Phi) is 8.99. The summed E-state index contributed by atoms with van der Waals surface area (Å²) in [6.45, 7) is 11.8. The fourth-order valence-electron chi connectivity index (χ4n) is 4.81. The molecule has 0 spiro atoms. The average Bonchev–Trinajstić information content (AvgIpc) is 2.98. The van der Waals surface area contributed by atoms with Crippen LogP contribution in [-0.4, -0.2) is 78.5 Å². The number of nitrogens with zero attached hydrogens (tertiary/aromatic N) is 3. The highest BCUT2D eigenvalue weighted by Gasteiger charge is 2.48. The lowest BCUT2D eigenvalue weighted by Gasteiger charge is -2.40. The first-order valence-electron chi connectivity index (χ1n) is 10.9. The van der Waals surface area contributed by atoms with E-state index in [1.165, 1.54) is 25.8 Å². The molecule has 0 aromatic heterocycles. The summed E-state index contributed by atoms with van der Waals surface area (Å²) in [7, 11) is 0. The van der Waals surface area contributed by atoms with Gasteiger partial charge in [-0.1, -0.05) is 13.3 Å². The fraction of sp³-hybridized carbons (Fsp3) is 0.850. The lowest BCUT2D eigenvalue weighted by Crippen LogP contribution is -2.55. The normalized spacial score (nSPS) is 29.3.